The van der Waals surface area contributed by atoms with Gasteiger partial charge in [0.1, 0.15) is 5.82 Å². The van der Waals surface area contributed by atoms with Crippen molar-refractivity contribution in [2.45, 2.75) is 6.54 Å². The smallest absolute Gasteiger partial charge is 0.239 e. The van der Waals surface area contributed by atoms with E-state index >= 15 is 0 Å². The van der Waals surface area contributed by atoms with E-state index in [0.29, 0.717) is 25.7 Å². The molecule has 8 heteroatoms. The predicted molar refractivity (Wildman–Crippen MR) is 99.5 cm³/mol. The number of methoxy groups -OCH3 is 1. The number of rotatable bonds is 7. The Hall–Kier alpha value is -1.42. The van der Waals surface area contributed by atoms with E-state index in [-0.39, 0.29) is 42.2 Å². The highest BCUT2D eigenvalue weighted by atomic mass is 127. The lowest BCUT2D eigenvalue weighted by Crippen LogP contribution is -2.44. The number of carbonyl (C=O) groups is 1. The minimum atomic E-state index is -0.262. The van der Waals surface area contributed by atoms with Crippen LogP contribution >= 0.6 is 24.0 Å². The molecule has 0 atom stereocenters. The van der Waals surface area contributed by atoms with Crippen molar-refractivity contribution in [1.82, 2.24) is 15.5 Å². The number of ether oxygens (including phenoxy) is 1. The van der Waals surface area contributed by atoms with Gasteiger partial charge < -0.3 is 20.3 Å². The first-order chi connectivity index (χ1) is 10.6. The van der Waals surface area contributed by atoms with Crippen molar-refractivity contribution in [3.8, 4) is 0 Å². The lowest BCUT2D eigenvalue weighted by Gasteiger charge is -2.22. The molecule has 0 unspecified atom stereocenters. The number of carbonyl (C=O) groups excluding carboxylic acids is 1. The van der Waals surface area contributed by atoms with Crippen molar-refractivity contribution in [1.29, 1.82) is 0 Å². The Labute approximate surface area is 153 Å². The maximum atomic E-state index is 12.9. The molecule has 0 aliphatic carbocycles. The number of amides is 1. The Balaban J connectivity index is 0.00000484. The number of guanidine groups is 1. The maximum Gasteiger partial charge on any atom is 0.239 e. The molecule has 6 nitrogen and oxygen atoms in total. The molecule has 0 fully saturated rings. The fourth-order valence-corrected chi connectivity index (χ4v) is 1.84. The number of halogens is 2. The number of benzene rings is 1. The Bertz CT molecular complexity index is 497. The topological polar surface area (TPSA) is 66.0 Å². The van der Waals surface area contributed by atoms with Crippen molar-refractivity contribution in [2.24, 2.45) is 4.99 Å². The van der Waals surface area contributed by atoms with Gasteiger partial charge in [-0.25, -0.2) is 4.39 Å². The third-order valence-electron chi connectivity index (χ3n) is 2.94. The van der Waals surface area contributed by atoms with Crippen LogP contribution in [0.25, 0.3) is 0 Å². The van der Waals surface area contributed by atoms with Gasteiger partial charge >= 0.3 is 0 Å². The third kappa shape index (κ3) is 8.70. The summed E-state index contributed by atoms with van der Waals surface area (Å²) in [4.78, 5) is 17.6. The number of hydrogen-bond donors (Lipinski definition) is 2. The first-order valence-corrected chi connectivity index (χ1v) is 6.98. The molecule has 0 bridgehead atoms. The quantitative estimate of drug-likeness (QED) is 0.291. The monoisotopic (exact) mass is 438 g/mol. The summed E-state index contributed by atoms with van der Waals surface area (Å²) in [5.41, 5.74) is 0.955. The highest BCUT2D eigenvalue weighted by Crippen LogP contribution is 2.05. The van der Waals surface area contributed by atoms with Crippen molar-refractivity contribution in [2.75, 3.05) is 40.9 Å². The predicted octanol–water partition coefficient (Wildman–Crippen LogP) is 1.21. The van der Waals surface area contributed by atoms with E-state index in [1.54, 1.807) is 26.3 Å². The second-order valence-electron chi connectivity index (χ2n) is 4.73. The number of nitrogens with zero attached hydrogens (tertiary/aromatic N) is 2. The van der Waals surface area contributed by atoms with Gasteiger partial charge in [-0.15, -0.1) is 24.0 Å². The minimum Gasteiger partial charge on any atom is -0.383 e. The summed E-state index contributed by atoms with van der Waals surface area (Å²) >= 11 is 0. The average Bonchev–Trinajstić information content (AvgIpc) is 2.50. The second-order valence-corrected chi connectivity index (χ2v) is 4.73. The van der Waals surface area contributed by atoms with Crippen LogP contribution < -0.4 is 10.6 Å². The second kappa shape index (κ2) is 12.1. The van der Waals surface area contributed by atoms with Gasteiger partial charge in [0.2, 0.25) is 5.91 Å². The molecule has 0 heterocycles. The molecule has 0 saturated heterocycles. The van der Waals surface area contributed by atoms with Crippen LogP contribution in [-0.4, -0.2) is 57.7 Å². The summed E-state index contributed by atoms with van der Waals surface area (Å²) in [5.74, 6) is 0.196. The largest absolute Gasteiger partial charge is 0.383 e. The summed E-state index contributed by atoms with van der Waals surface area (Å²) in [6, 6.07) is 6.28. The Morgan fingerprint density at radius 2 is 1.96 bits per heavy atom. The van der Waals surface area contributed by atoms with Gasteiger partial charge in [-0.05, 0) is 17.7 Å². The molecule has 1 aromatic carbocycles. The highest BCUT2D eigenvalue weighted by molar-refractivity contribution is 14.0. The van der Waals surface area contributed by atoms with Crippen LogP contribution in [0, 0.1) is 5.82 Å². The zero-order chi connectivity index (χ0) is 16.4. The molecule has 130 valence electrons. The zero-order valence-corrected chi connectivity index (χ0v) is 16.0. The molecular weight excluding hydrogens is 414 g/mol. The maximum absolute atomic E-state index is 12.9. The molecule has 0 spiro atoms. The van der Waals surface area contributed by atoms with E-state index in [4.69, 9.17) is 4.74 Å². The van der Waals surface area contributed by atoms with E-state index in [0.717, 1.165) is 5.56 Å². The third-order valence-corrected chi connectivity index (χ3v) is 2.94. The summed E-state index contributed by atoms with van der Waals surface area (Å²) in [6.45, 7) is 1.64. The Morgan fingerprint density at radius 1 is 1.30 bits per heavy atom. The lowest BCUT2D eigenvalue weighted by atomic mass is 10.2. The number of aliphatic imine (C=N–C) groups is 1. The molecule has 1 rings (SSSR count). The molecule has 23 heavy (non-hydrogen) atoms. The first-order valence-electron chi connectivity index (χ1n) is 6.98. The standard InChI is InChI=1S/C15H23FN4O2.HI/c1-17-15(19-10-14(21)18-8-9-22-3)20(2)11-12-4-6-13(16)7-5-12;/h4-7H,8-11H2,1-3H3,(H,17,19)(H,18,21);1H. The van der Waals surface area contributed by atoms with Crippen molar-refractivity contribution >= 4 is 35.8 Å². The van der Waals surface area contributed by atoms with Crippen LogP contribution in [0.2, 0.25) is 0 Å². The molecule has 0 radical (unpaired) electrons. The van der Waals surface area contributed by atoms with E-state index in [2.05, 4.69) is 15.6 Å². The Morgan fingerprint density at radius 3 is 2.52 bits per heavy atom. The summed E-state index contributed by atoms with van der Waals surface area (Å²) < 4.78 is 17.7. The normalized spacial score (nSPS) is 10.7. The Kier molecular flexibility index (Phi) is 11.3. The van der Waals surface area contributed by atoms with Crippen molar-refractivity contribution in [3.05, 3.63) is 35.6 Å². The molecule has 2 N–H and O–H groups in total. The van der Waals surface area contributed by atoms with E-state index < -0.39 is 0 Å². The van der Waals surface area contributed by atoms with Crippen molar-refractivity contribution in [3.63, 3.8) is 0 Å². The van der Waals surface area contributed by atoms with Crippen LogP contribution in [0.3, 0.4) is 0 Å². The molecule has 0 aromatic heterocycles. The van der Waals surface area contributed by atoms with Crippen LogP contribution in [0.4, 0.5) is 4.39 Å². The molecule has 1 aromatic rings. The van der Waals surface area contributed by atoms with E-state index in [1.807, 2.05) is 11.9 Å². The van der Waals surface area contributed by atoms with Gasteiger partial charge in [0, 0.05) is 34.3 Å². The molecule has 0 aliphatic rings. The van der Waals surface area contributed by atoms with Crippen LogP contribution in [0.1, 0.15) is 5.56 Å². The minimum absolute atomic E-state index is 0. The SMILES string of the molecule is CN=C(NCC(=O)NCCOC)N(C)Cc1ccc(F)cc1.I. The van der Waals surface area contributed by atoms with E-state index in [1.165, 1.54) is 12.1 Å². The van der Waals surface area contributed by atoms with E-state index in [9.17, 15) is 9.18 Å². The molecular formula is C15H24FIN4O2. The molecule has 0 saturated carbocycles. The average molecular weight is 438 g/mol. The van der Waals surface area contributed by atoms with Gasteiger partial charge in [-0.1, -0.05) is 12.1 Å². The first kappa shape index (κ1) is 21.6. The molecule has 0 aliphatic heterocycles. The van der Waals surface area contributed by atoms with Crippen LogP contribution in [0.15, 0.2) is 29.3 Å². The van der Waals surface area contributed by atoms with Gasteiger partial charge in [-0.2, -0.15) is 0 Å². The fourth-order valence-electron chi connectivity index (χ4n) is 1.84. The van der Waals surface area contributed by atoms with Gasteiger partial charge in [0.05, 0.1) is 13.2 Å². The summed E-state index contributed by atoms with van der Waals surface area (Å²) in [7, 11) is 5.07. The lowest BCUT2D eigenvalue weighted by molar-refractivity contribution is -0.120. The van der Waals surface area contributed by atoms with Crippen LogP contribution in [-0.2, 0) is 16.1 Å². The molecule has 1 amide bonds. The van der Waals surface area contributed by atoms with Crippen LogP contribution in [0.5, 0.6) is 0 Å². The number of nitrogens with one attached hydrogen (secondary N) is 2. The highest BCUT2D eigenvalue weighted by Gasteiger charge is 2.08. The van der Waals surface area contributed by atoms with Crippen molar-refractivity contribution < 1.29 is 13.9 Å². The van der Waals surface area contributed by atoms with Gasteiger partial charge in [-0.3, -0.25) is 9.79 Å². The summed E-state index contributed by atoms with van der Waals surface area (Å²) in [5, 5.41) is 5.69. The van der Waals surface area contributed by atoms with Gasteiger partial charge in [0.15, 0.2) is 5.96 Å². The fraction of sp³-hybridized carbons (Fsp3) is 0.467. The summed E-state index contributed by atoms with van der Waals surface area (Å²) in [6.07, 6.45) is 0. The zero-order valence-electron chi connectivity index (χ0n) is 13.6. The van der Waals surface area contributed by atoms with Gasteiger partial charge in [0.25, 0.3) is 0 Å². The number of hydrogen-bond acceptors (Lipinski definition) is 3.